The van der Waals surface area contributed by atoms with E-state index in [0.717, 1.165) is 33.3 Å². The molecule has 0 aliphatic carbocycles. The van der Waals surface area contributed by atoms with Gasteiger partial charge < -0.3 is 10.3 Å². The van der Waals surface area contributed by atoms with Gasteiger partial charge in [0.2, 0.25) is 5.91 Å². The Labute approximate surface area is 178 Å². The summed E-state index contributed by atoms with van der Waals surface area (Å²) in [5.74, 6) is -2.13. The molecular formula is C20H15F2N3OS3. The summed E-state index contributed by atoms with van der Waals surface area (Å²) in [4.78, 5) is 22.5. The molecule has 3 aromatic heterocycles. The number of hydrogen-bond donors (Lipinski definition) is 2. The van der Waals surface area contributed by atoms with E-state index < -0.39 is 28.5 Å². The number of amides is 1. The molecule has 2 N–H and O–H groups in total. The van der Waals surface area contributed by atoms with Crippen LogP contribution in [-0.4, -0.2) is 21.1 Å². The number of thiophene rings is 2. The van der Waals surface area contributed by atoms with Crippen LogP contribution in [0.1, 0.15) is 6.92 Å². The molecule has 148 valence electrons. The summed E-state index contributed by atoms with van der Waals surface area (Å²) in [5, 5.41) is 6.24. The van der Waals surface area contributed by atoms with Crippen molar-refractivity contribution in [2.75, 3.05) is 5.32 Å². The fourth-order valence-corrected chi connectivity index (χ4v) is 4.91. The molecule has 3 heterocycles. The van der Waals surface area contributed by atoms with Crippen molar-refractivity contribution < 1.29 is 13.6 Å². The van der Waals surface area contributed by atoms with Gasteiger partial charge in [-0.15, -0.1) is 22.7 Å². The lowest BCUT2D eigenvalue weighted by molar-refractivity contribution is -0.115. The lowest BCUT2D eigenvalue weighted by atomic mass is 10.2. The molecule has 0 aliphatic heterocycles. The third-order valence-electron chi connectivity index (χ3n) is 4.07. The number of nitrogens with zero attached hydrogens (tertiary/aromatic N) is 1. The fraction of sp³-hybridized carbons (Fsp3) is 0.100. The third-order valence-corrected chi connectivity index (χ3v) is 6.82. The Morgan fingerprint density at radius 2 is 1.72 bits per heavy atom. The summed E-state index contributed by atoms with van der Waals surface area (Å²) < 4.78 is 27.6. The molecule has 1 amide bonds. The Balaban J connectivity index is 1.56. The number of aromatic amines is 1. The van der Waals surface area contributed by atoms with E-state index in [1.54, 1.807) is 29.6 Å². The highest BCUT2D eigenvalue weighted by Crippen LogP contribution is 2.37. The largest absolute Gasteiger partial charge is 0.332 e. The summed E-state index contributed by atoms with van der Waals surface area (Å²) in [7, 11) is 0. The van der Waals surface area contributed by atoms with Gasteiger partial charge in [-0.05, 0) is 41.9 Å². The third kappa shape index (κ3) is 4.26. The quantitative estimate of drug-likeness (QED) is 0.343. The van der Waals surface area contributed by atoms with Crippen molar-refractivity contribution in [3.05, 3.63) is 64.9 Å². The predicted molar refractivity (Wildman–Crippen MR) is 116 cm³/mol. The molecule has 0 saturated heterocycles. The number of thioether (sulfide) groups is 1. The standard InChI is InChI=1S/C20H15F2N3OS3/c1-11(19(26)23-16-12(21)5-2-6-13(16)22)29-20-24-17(14-7-3-9-27-14)18(25-20)15-8-4-10-28-15/h2-11H,1H3,(H,23,26)(H,24,25)/t11-/m0/s1. The van der Waals surface area contributed by atoms with E-state index in [4.69, 9.17) is 0 Å². The minimum atomic E-state index is -0.812. The van der Waals surface area contributed by atoms with Crippen molar-refractivity contribution in [1.29, 1.82) is 0 Å². The summed E-state index contributed by atoms with van der Waals surface area (Å²) in [6.07, 6.45) is 0. The van der Waals surface area contributed by atoms with Gasteiger partial charge in [0.15, 0.2) is 5.16 Å². The number of carbonyl (C=O) groups is 1. The SMILES string of the molecule is C[C@H](Sc1nc(-c2cccs2)c(-c2cccs2)[nH]1)C(=O)Nc1c(F)cccc1F. The van der Waals surface area contributed by atoms with Gasteiger partial charge >= 0.3 is 0 Å². The van der Waals surface area contributed by atoms with E-state index in [1.807, 2.05) is 35.0 Å². The number of para-hydroxylation sites is 1. The molecule has 1 atom stereocenters. The number of carbonyl (C=O) groups excluding carboxylic acids is 1. The van der Waals surface area contributed by atoms with Crippen LogP contribution in [0.4, 0.5) is 14.5 Å². The van der Waals surface area contributed by atoms with Crippen LogP contribution in [0.3, 0.4) is 0 Å². The second-order valence-corrected chi connectivity index (χ2v) is 9.29. The maximum absolute atomic E-state index is 13.8. The number of imidazole rings is 1. The van der Waals surface area contributed by atoms with Crippen molar-refractivity contribution in [2.24, 2.45) is 0 Å². The highest BCUT2D eigenvalue weighted by molar-refractivity contribution is 8.00. The van der Waals surface area contributed by atoms with Crippen molar-refractivity contribution in [1.82, 2.24) is 9.97 Å². The van der Waals surface area contributed by atoms with Crippen LogP contribution in [0.25, 0.3) is 21.1 Å². The molecule has 4 aromatic rings. The summed E-state index contributed by atoms with van der Waals surface area (Å²) in [6.45, 7) is 1.66. The van der Waals surface area contributed by atoms with Crippen molar-refractivity contribution in [3.63, 3.8) is 0 Å². The maximum atomic E-state index is 13.8. The minimum absolute atomic E-state index is 0.442. The van der Waals surface area contributed by atoms with Gasteiger partial charge in [-0.25, -0.2) is 13.8 Å². The molecule has 0 unspecified atom stereocenters. The van der Waals surface area contributed by atoms with E-state index in [2.05, 4.69) is 15.3 Å². The van der Waals surface area contributed by atoms with Gasteiger partial charge in [0.1, 0.15) is 23.0 Å². The van der Waals surface area contributed by atoms with Crippen LogP contribution in [0.15, 0.2) is 58.4 Å². The molecule has 4 nitrogen and oxygen atoms in total. The van der Waals surface area contributed by atoms with Crippen LogP contribution >= 0.6 is 34.4 Å². The summed E-state index contributed by atoms with van der Waals surface area (Å²) in [6, 6.07) is 11.4. The Hall–Kier alpha value is -2.49. The van der Waals surface area contributed by atoms with Crippen LogP contribution in [0.5, 0.6) is 0 Å². The molecule has 0 aliphatic rings. The molecule has 0 radical (unpaired) electrons. The highest BCUT2D eigenvalue weighted by Gasteiger charge is 2.22. The average molecular weight is 448 g/mol. The normalized spacial score (nSPS) is 12.1. The molecule has 4 rings (SSSR count). The molecular weight excluding hydrogens is 432 g/mol. The van der Waals surface area contributed by atoms with Gasteiger partial charge in [0.25, 0.3) is 0 Å². The Morgan fingerprint density at radius 3 is 2.34 bits per heavy atom. The minimum Gasteiger partial charge on any atom is -0.332 e. The van der Waals surface area contributed by atoms with E-state index in [0.29, 0.717) is 5.16 Å². The predicted octanol–water partition coefficient (Wildman–Crippen LogP) is 6.26. The second kappa shape index (κ2) is 8.48. The number of aromatic nitrogens is 2. The van der Waals surface area contributed by atoms with Crippen molar-refractivity contribution >= 4 is 46.0 Å². The highest BCUT2D eigenvalue weighted by atomic mass is 32.2. The number of hydrogen-bond acceptors (Lipinski definition) is 5. The first-order chi connectivity index (χ1) is 14.0. The summed E-state index contributed by atoms with van der Waals surface area (Å²) in [5.41, 5.74) is 1.26. The van der Waals surface area contributed by atoms with Gasteiger partial charge in [0.05, 0.1) is 20.7 Å². The van der Waals surface area contributed by atoms with Gasteiger partial charge in [-0.3, -0.25) is 4.79 Å². The lowest BCUT2D eigenvalue weighted by Gasteiger charge is -2.11. The van der Waals surface area contributed by atoms with E-state index in [9.17, 15) is 13.6 Å². The molecule has 0 fully saturated rings. The Bertz CT molecular complexity index is 1050. The number of anilines is 1. The average Bonchev–Trinajstić information content (AvgIpc) is 3.45. The first kappa shape index (κ1) is 19.8. The van der Waals surface area contributed by atoms with Gasteiger partial charge in [0, 0.05) is 0 Å². The molecule has 9 heteroatoms. The van der Waals surface area contributed by atoms with Crippen LogP contribution in [-0.2, 0) is 4.79 Å². The van der Waals surface area contributed by atoms with Crippen LogP contribution in [0.2, 0.25) is 0 Å². The number of halogens is 2. The maximum Gasteiger partial charge on any atom is 0.237 e. The van der Waals surface area contributed by atoms with Gasteiger partial charge in [-0.1, -0.05) is 30.0 Å². The molecule has 0 saturated carbocycles. The molecule has 0 bridgehead atoms. The monoisotopic (exact) mass is 447 g/mol. The molecule has 1 aromatic carbocycles. The number of nitrogens with one attached hydrogen (secondary N) is 2. The van der Waals surface area contributed by atoms with Gasteiger partial charge in [-0.2, -0.15) is 0 Å². The zero-order valence-electron chi connectivity index (χ0n) is 15.1. The zero-order chi connectivity index (χ0) is 20.4. The van der Waals surface area contributed by atoms with E-state index in [-0.39, 0.29) is 0 Å². The number of rotatable bonds is 6. The van der Waals surface area contributed by atoms with Crippen LogP contribution < -0.4 is 5.32 Å². The first-order valence-corrected chi connectivity index (χ1v) is 11.3. The smallest absolute Gasteiger partial charge is 0.237 e. The molecule has 0 spiro atoms. The number of benzene rings is 1. The zero-order valence-corrected chi connectivity index (χ0v) is 17.6. The Kier molecular flexibility index (Phi) is 5.79. The fourth-order valence-electron chi connectivity index (χ4n) is 2.66. The van der Waals surface area contributed by atoms with Crippen LogP contribution in [0, 0.1) is 11.6 Å². The topological polar surface area (TPSA) is 57.8 Å². The van der Waals surface area contributed by atoms with E-state index >= 15 is 0 Å². The Morgan fingerprint density at radius 1 is 1.07 bits per heavy atom. The van der Waals surface area contributed by atoms with Crippen molar-refractivity contribution in [2.45, 2.75) is 17.3 Å². The number of H-pyrrole nitrogens is 1. The molecule has 29 heavy (non-hydrogen) atoms. The van der Waals surface area contributed by atoms with E-state index in [1.165, 1.54) is 17.8 Å². The lowest BCUT2D eigenvalue weighted by Crippen LogP contribution is -2.23. The second-order valence-electron chi connectivity index (χ2n) is 6.07. The summed E-state index contributed by atoms with van der Waals surface area (Å²) >= 11 is 4.37. The first-order valence-electron chi connectivity index (χ1n) is 8.62. The van der Waals surface area contributed by atoms with Crippen molar-refractivity contribution in [3.8, 4) is 21.1 Å².